The van der Waals surface area contributed by atoms with Gasteiger partial charge in [0.2, 0.25) is 5.82 Å². The Kier molecular flexibility index (Phi) is 1.66. The predicted octanol–water partition coefficient (Wildman–Crippen LogP) is -1.03. The van der Waals surface area contributed by atoms with Crippen LogP contribution in [0.3, 0.4) is 0 Å². The highest BCUT2D eigenvalue weighted by Crippen LogP contribution is 2.14. The normalized spacial score (nSPS) is 9.67. The minimum atomic E-state index is -1.06. The summed E-state index contributed by atoms with van der Waals surface area (Å²) in [7, 11) is 0. The fourth-order valence-corrected chi connectivity index (χ4v) is 0.589. The fraction of sp³-hybridized carbons (Fsp3) is 0. The molecule has 1 heterocycles. The maximum atomic E-state index is 10.5. The molecule has 8 heteroatoms. The number of nitrogen functional groups attached to an aromatic ring is 1. The van der Waals surface area contributed by atoms with Crippen LogP contribution in [0.2, 0.25) is 0 Å². The van der Waals surface area contributed by atoms with E-state index in [9.17, 15) is 14.9 Å². The number of nitro groups is 1. The van der Waals surface area contributed by atoms with Crippen molar-refractivity contribution in [1.29, 1.82) is 0 Å². The van der Waals surface area contributed by atoms with Crippen LogP contribution in [0.1, 0.15) is 0 Å². The molecule has 1 aromatic rings. The van der Waals surface area contributed by atoms with Crippen LogP contribution < -0.4 is 11.4 Å². The summed E-state index contributed by atoms with van der Waals surface area (Å²) >= 11 is 0. The van der Waals surface area contributed by atoms with Crippen molar-refractivity contribution in [1.82, 2.24) is 9.71 Å². The maximum absolute atomic E-state index is 10.5. The number of anilines is 1. The van der Waals surface area contributed by atoms with Crippen LogP contribution in [0.25, 0.3) is 0 Å². The van der Waals surface area contributed by atoms with Gasteiger partial charge in [0, 0.05) is 0 Å². The smallest absolute Gasteiger partial charge is 0.382 e. The first kappa shape index (κ1) is 7.98. The Labute approximate surface area is 65.0 Å². The Hall–Kier alpha value is -2.12. The van der Waals surface area contributed by atoms with Gasteiger partial charge in [-0.1, -0.05) is 0 Å². The number of hydrogen-bond donors (Lipinski definition) is 2. The highest BCUT2D eigenvalue weighted by molar-refractivity contribution is 5.49. The molecule has 0 amide bonds. The highest BCUT2D eigenvalue weighted by Gasteiger charge is 2.16. The maximum Gasteiger partial charge on any atom is 0.382 e. The van der Waals surface area contributed by atoms with Crippen molar-refractivity contribution >= 4 is 11.5 Å². The van der Waals surface area contributed by atoms with E-state index in [2.05, 4.69) is 4.98 Å². The monoisotopic (exact) mass is 172 g/mol. The van der Waals surface area contributed by atoms with Gasteiger partial charge in [0.25, 0.3) is 0 Å². The molecule has 0 atom stereocenters. The van der Waals surface area contributed by atoms with Crippen LogP contribution in [0.4, 0.5) is 11.5 Å². The summed E-state index contributed by atoms with van der Waals surface area (Å²) in [4.78, 5) is 22.8. The van der Waals surface area contributed by atoms with Crippen LogP contribution >= 0.6 is 0 Å². The number of hydrogen-bond acceptors (Lipinski definition) is 6. The second-order valence-electron chi connectivity index (χ2n) is 1.88. The summed E-state index contributed by atoms with van der Waals surface area (Å²) in [6.07, 6.45) is 0.685. The average Bonchev–Trinajstić information content (AvgIpc) is 2.00. The molecular formula is C4H4N4O4. The van der Waals surface area contributed by atoms with Gasteiger partial charge in [-0.3, -0.25) is 10.1 Å². The Balaban J connectivity index is 3.47. The molecule has 12 heavy (non-hydrogen) atoms. The van der Waals surface area contributed by atoms with Crippen molar-refractivity contribution in [2.45, 2.75) is 0 Å². The Morgan fingerprint density at radius 2 is 2.33 bits per heavy atom. The number of aromatic nitrogens is 2. The lowest BCUT2D eigenvalue weighted by Crippen LogP contribution is -2.23. The van der Waals surface area contributed by atoms with E-state index in [1.54, 1.807) is 0 Å². The largest absolute Gasteiger partial charge is 0.422 e. The zero-order valence-electron chi connectivity index (χ0n) is 5.67. The molecule has 0 bridgehead atoms. The van der Waals surface area contributed by atoms with Gasteiger partial charge in [-0.2, -0.15) is 4.98 Å². The minimum Gasteiger partial charge on any atom is -0.422 e. The Bertz CT molecular complexity index is 383. The molecule has 0 aliphatic rings. The lowest BCUT2D eigenvalue weighted by molar-refractivity contribution is -0.384. The molecule has 0 aliphatic carbocycles. The summed E-state index contributed by atoms with van der Waals surface area (Å²) < 4.78 is -0.0852. The van der Waals surface area contributed by atoms with E-state index in [1.165, 1.54) is 0 Å². The zero-order chi connectivity index (χ0) is 9.30. The van der Waals surface area contributed by atoms with E-state index in [0.717, 1.165) is 0 Å². The second-order valence-corrected chi connectivity index (χ2v) is 1.88. The number of nitrogens with zero attached hydrogens (tertiary/aromatic N) is 3. The molecule has 0 aliphatic heterocycles. The van der Waals surface area contributed by atoms with Crippen molar-refractivity contribution in [2.24, 2.45) is 0 Å². The molecule has 0 saturated carbocycles. The molecule has 0 fully saturated rings. The average molecular weight is 172 g/mol. The Morgan fingerprint density at radius 3 is 2.83 bits per heavy atom. The highest BCUT2D eigenvalue weighted by atomic mass is 16.6. The summed E-state index contributed by atoms with van der Waals surface area (Å²) in [5.74, 6) is -0.639. The first-order chi connectivity index (χ1) is 5.54. The van der Waals surface area contributed by atoms with Gasteiger partial charge < -0.3 is 10.9 Å². The van der Waals surface area contributed by atoms with Crippen LogP contribution in [0, 0.1) is 10.1 Å². The molecule has 0 saturated heterocycles. The van der Waals surface area contributed by atoms with Crippen molar-refractivity contribution in [3.63, 3.8) is 0 Å². The van der Waals surface area contributed by atoms with E-state index >= 15 is 0 Å². The summed E-state index contributed by atoms with van der Waals surface area (Å²) in [6, 6.07) is 0. The van der Waals surface area contributed by atoms with E-state index in [1.807, 2.05) is 0 Å². The molecule has 64 valence electrons. The first-order valence-corrected chi connectivity index (χ1v) is 2.75. The summed E-state index contributed by atoms with van der Waals surface area (Å²) in [5.41, 5.74) is 3.34. The third-order valence-corrected chi connectivity index (χ3v) is 1.17. The predicted molar refractivity (Wildman–Crippen MR) is 36.7 cm³/mol. The van der Waals surface area contributed by atoms with Gasteiger partial charge >= 0.3 is 11.4 Å². The van der Waals surface area contributed by atoms with Gasteiger partial charge in [-0.25, -0.2) is 4.79 Å². The van der Waals surface area contributed by atoms with E-state index in [-0.39, 0.29) is 4.73 Å². The Morgan fingerprint density at radius 1 is 1.75 bits per heavy atom. The molecule has 1 rings (SSSR count). The minimum absolute atomic E-state index is 0.0852. The third-order valence-electron chi connectivity index (χ3n) is 1.17. The van der Waals surface area contributed by atoms with Gasteiger partial charge in [-0.05, 0) is 0 Å². The molecule has 8 nitrogen and oxygen atoms in total. The summed E-state index contributed by atoms with van der Waals surface area (Å²) in [5, 5.41) is 18.9. The zero-order valence-corrected chi connectivity index (χ0v) is 5.67. The standard InChI is InChI=1S/C4H4N4O4/c5-3-2(8(11)12)1-6-4(9)7(3)10/h1,10H,5H2. The number of rotatable bonds is 1. The molecule has 3 N–H and O–H groups in total. The molecule has 0 unspecified atom stereocenters. The van der Waals surface area contributed by atoms with Gasteiger partial charge in [0.05, 0.1) is 4.92 Å². The van der Waals surface area contributed by atoms with Crippen molar-refractivity contribution in [3.05, 3.63) is 26.8 Å². The van der Waals surface area contributed by atoms with Crippen LogP contribution in [-0.2, 0) is 0 Å². The van der Waals surface area contributed by atoms with Gasteiger partial charge in [0.1, 0.15) is 6.20 Å². The lowest BCUT2D eigenvalue weighted by Gasteiger charge is -1.98. The van der Waals surface area contributed by atoms with E-state index in [0.29, 0.717) is 6.20 Å². The molecule has 0 spiro atoms. The molecule has 1 aromatic heterocycles. The van der Waals surface area contributed by atoms with Crippen molar-refractivity contribution in [2.75, 3.05) is 5.73 Å². The second kappa shape index (κ2) is 2.49. The number of nitrogens with two attached hydrogens (primary N) is 1. The molecule has 0 radical (unpaired) electrons. The van der Waals surface area contributed by atoms with Crippen LogP contribution in [-0.4, -0.2) is 19.8 Å². The fourth-order valence-electron chi connectivity index (χ4n) is 0.589. The van der Waals surface area contributed by atoms with Gasteiger partial charge in [0.15, 0.2) is 0 Å². The first-order valence-electron chi connectivity index (χ1n) is 2.75. The SMILES string of the molecule is Nc1c([N+](=O)[O-])cnc(=O)n1O. The third kappa shape index (κ3) is 1.05. The topological polar surface area (TPSA) is 124 Å². The van der Waals surface area contributed by atoms with Crippen molar-refractivity contribution in [3.8, 4) is 0 Å². The van der Waals surface area contributed by atoms with E-state index < -0.39 is 22.1 Å². The molecule has 0 aromatic carbocycles. The lowest BCUT2D eigenvalue weighted by atomic mass is 10.5. The quantitative estimate of drug-likeness (QED) is 0.317. The van der Waals surface area contributed by atoms with Crippen molar-refractivity contribution < 1.29 is 10.1 Å². The van der Waals surface area contributed by atoms with Gasteiger partial charge in [-0.15, -0.1) is 4.73 Å². The van der Waals surface area contributed by atoms with Crippen LogP contribution in [0.15, 0.2) is 11.0 Å². The summed E-state index contributed by atoms with van der Waals surface area (Å²) in [6.45, 7) is 0. The van der Waals surface area contributed by atoms with E-state index in [4.69, 9.17) is 10.9 Å². The van der Waals surface area contributed by atoms with Crippen LogP contribution in [0.5, 0.6) is 0 Å². The molecular weight excluding hydrogens is 168 g/mol.